The first-order valence-corrected chi connectivity index (χ1v) is 8.37. The number of hydrogen-bond donors (Lipinski definition) is 2. The van der Waals surface area contributed by atoms with Crippen molar-refractivity contribution in [2.45, 2.75) is 20.3 Å². The summed E-state index contributed by atoms with van der Waals surface area (Å²) < 4.78 is 6.31. The first-order chi connectivity index (χ1) is 11.9. The van der Waals surface area contributed by atoms with Crippen LogP contribution in [0.5, 0.6) is 0 Å². The monoisotopic (exact) mass is 360 g/mol. The van der Waals surface area contributed by atoms with E-state index in [-0.39, 0.29) is 6.61 Å². The van der Waals surface area contributed by atoms with Gasteiger partial charge in [0.05, 0.1) is 28.6 Å². The third kappa shape index (κ3) is 3.77. The summed E-state index contributed by atoms with van der Waals surface area (Å²) in [5.41, 5.74) is 0.630. The topological polar surface area (TPSA) is 110 Å². The van der Waals surface area contributed by atoms with Crippen molar-refractivity contribution < 1.29 is 9.53 Å². The third-order valence-corrected chi connectivity index (χ3v) is 4.75. The van der Waals surface area contributed by atoms with E-state index in [1.54, 1.807) is 23.5 Å². The van der Waals surface area contributed by atoms with Crippen molar-refractivity contribution in [1.29, 1.82) is 0 Å². The molecule has 130 valence electrons. The second-order valence-corrected chi connectivity index (χ2v) is 6.68. The van der Waals surface area contributed by atoms with Gasteiger partial charge < -0.3 is 4.74 Å². The van der Waals surface area contributed by atoms with Crippen LogP contribution in [-0.4, -0.2) is 32.3 Å². The lowest BCUT2D eigenvalue weighted by Gasteiger charge is -2.05. The molecule has 0 aliphatic rings. The Labute approximate surface area is 146 Å². The highest BCUT2D eigenvalue weighted by atomic mass is 32.1. The third-order valence-electron chi connectivity index (χ3n) is 3.62. The Kier molecular flexibility index (Phi) is 4.66. The van der Waals surface area contributed by atoms with Crippen LogP contribution >= 0.6 is 11.3 Å². The van der Waals surface area contributed by atoms with Crippen molar-refractivity contribution in [2.75, 3.05) is 6.61 Å². The number of aromatic amines is 2. The first-order valence-electron chi connectivity index (χ1n) is 7.56. The molecule has 8 nitrogen and oxygen atoms in total. The summed E-state index contributed by atoms with van der Waals surface area (Å²) in [5, 5.41) is 3.28. The number of esters is 1. The number of nitrogens with one attached hydrogen (secondary N) is 2. The Hall–Kier alpha value is -2.94. The van der Waals surface area contributed by atoms with Gasteiger partial charge in [-0.15, -0.1) is 11.3 Å². The number of aromatic nitrogens is 4. The number of thiazole rings is 1. The van der Waals surface area contributed by atoms with Gasteiger partial charge in [0.25, 0.3) is 0 Å². The van der Waals surface area contributed by atoms with Crippen LogP contribution in [0, 0.1) is 13.8 Å². The predicted molar refractivity (Wildman–Crippen MR) is 92.6 cm³/mol. The Morgan fingerprint density at radius 1 is 1.24 bits per heavy atom. The fourth-order valence-corrected chi connectivity index (χ4v) is 3.14. The molecule has 0 aliphatic heterocycles. The molecule has 0 aliphatic carbocycles. The molecule has 0 spiro atoms. The van der Waals surface area contributed by atoms with E-state index in [2.05, 4.69) is 15.1 Å². The minimum absolute atomic E-state index is 0.248. The molecule has 0 atom stereocenters. The highest BCUT2D eigenvalue weighted by molar-refractivity contribution is 7.11. The van der Waals surface area contributed by atoms with Gasteiger partial charge in [0.1, 0.15) is 0 Å². The fourth-order valence-electron chi connectivity index (χ4n) is 2.22. The van der Waals surface area contributed by atoms with Gasteiger partial charge >= 0.3 is 17.3 Å². The molecule has 0 fully saturated rings. The Morgan fingerprint density at radius 3 is 2.52 bits per heavy atom. The van der Waals surface area contributed by atoms with Gasteiger partial charge in [0.2, 0.25) is 0 Å². The van der Waals surface area contributed by atoms with Gasteiger partial charge in [0, 0.05) is 11.3 Å². The lowest BCUT2D eigenvalue weighted by molar-refractivity contribution is 0.0509. The zero-order valence-corrected chi connectivity index (χ0v) is 14.5. The average molecular weight is 360 g/mol. The number of rotatable bonds is 5. The largest absolute Gasteiger partial charge is 0.462 e. The van der Waals surface area contributed by atoms with Crippen LogP contribution in [0.1, 0.15) is 25.9 Å². The molecule has 2 aromatic heterocycles. The number of benzene rings is 1. The van der Waals surface area contributed by atoms with Gasteiger partial charge in [-0.05, 0) is 38.1 Å². The number of ether oxygens (including phenoxy) is 1. The van der Waals surface area contributed by atoms with Crippen molar-refractivity contribution in [3.05, 3.63) is 66.4 Å². The standard InChI is InChI=1S/C16H16N4O4S/c1-9-10(2)25-13(17-9)7-8-24-14(21)11-3-5-12(6-4-11)20-16(23)18-15(22)19-20/h3-6H,7-8H2,1-2H3,(H2,18,19,22,23). The van der Waals surface area contributed by atoms with Gasteiger partial charge in [-0.25, -0.2) is 29.1 Å². The quantitative estimate of drug-likeness (QED) is 0.667. The van der Waals surface area contributed by atoms with E-state index in [0.717, 1.165) is 20.3 Å². The average Bonchev–Trinajstić information content (AvgIpc) is 3.08. The molecule has 9 heteroatoms. The minimum atomic E-state index is -0.596. The molecule has 0 saturated heterocycles. The molecule has 25 heavy (non-hydrogen) atoms. The molecule has 3 aromatic rings. The maximum Gasteiger partial charge on any atom is 0.349 e. The molecule has 0 bridgehead atoms. The van der Waals surface area contributed by atoms with Crippen LogP contribution < -0.4 is 11.4 Å². The van der Waals surface area contributed by atoms with E-state index >= 15 is 0 Å². The summed E-state index contributed by atoms with van der Waals surface area (Å²) >= 11 is 1.60. The van der Waals surface area contributed by atoms with Crippen LogP contribution in [0.2, 0.25) is 0 Å². The Balaban J connectivity index is 1.61. The van der Waals surface area contributed by atoms with Crippen molar-refractivity contribution >= 4 is 17.3 Å². The van der Waals surface area contributed by atoms with E-state index in [1.807, 2.05) is 13.8 Å². The lowest BCUT2D eigenvalue weighted by Crippen LogP contribution is -2.16. The molecule has 0 saturated carbocycles. The number of H-pyrrole nitrogens is 2. The molecule has 3 rings (SSSR count). The zero-order chi connectivity index (χ0) is 18.0. The first kappa shape index (κ1) is 16.9. The zero-order valence-electron chi connectivity index (χ0n) is 13.7. The SMILES string of the molecule is Cc1nc(CCOC(=O)c2ccc(-n3[nH]c(=O)[nH]c3=O)cc2)sc1C. The Morgan fingerprint density at radius 2 is 1.96 bits per heavy atom. The number of hydrogen-bond acceptors (Lipinski definition) is 6. The Bertz CT molecular complexity index is 990. The summed E-state index contributed by atoms with van der Waals surface area (Å²) in [6.45, 7) is 4.21. The van der Waals surface area contributed by atoms with Gasteiger partial charge in [-0.3, -0.25) is 4.98 Å². The van der Waals surface area contributed by atoms with Crippen molar-refractivity contribution in [2.24, 2.45) is 0 Å². The summed E-state index contributed by atoms with van der Waals surface area (Å²) in [5.74, 6) is -0.452. The van der Waals surface area contributed by atoms with Gasteiger partial charge in [-0.1, -0.05) is 0 Å². The smallest absolute Gasteiger partial charge is 0.349 e. The van der Waals surface area contributed by atoms with Crippen molar-refractivity contribution in [3.63, 3.8) is 0 Å². The highest BCUT2D eigenvalue weighted by Gasteiger charge is 2.10. The lowest BCUT2D eigenvalue weighted by atomic mass is 10.2. The summed E-state index contributed by atoms with van der Waals surface area (Å²) in [4.78, 5) is 42.4. The second-order valence-electron chi connectivity index (χ2n) is 5.39. The van der Waals surface area contributed by atoms with Gasteiger partial charge in [0.15, 0.2) is 0 Å². The molecule has 0 unspecified atom stereocenters. The van der Waals surface area contributed by atoms with Crippen LogP contribution in [-0.2, 0) is 11.2 Å². The highest BCUT2D eigenvalue weighted by Crippen LogP contribution is 2.17. The minimum Gasteiger partial charge on any atom is -0.462 e. The van der Waals surface area contributed by atoms with Crippen LogP contribution in [0.4, 0.5) is 0 Å². The number of nitrogens with zero attached hydrogens (tertiary/aromatic N) is 2. The molecule has 2 heterocycles. The molecular formula is C16H16N4O4S. The molecule has 1 aromatic carbocycles. The summed E-state index contributed by atoms with van der Waals surface area (Å²) in [6, 6.07) is 6.17. The van der Waals surface area contributed by atoms with Crippen molar-refractivity contribution in [3.8, 4) is 5.69 Å². The number of carbonyl (C=O) groups is 1. The number of aryl methyl sites for hydroxylation is 2. The van der Waals surface area contributed by atoms with Crippen LogP contribution in [0.15, 0.2) is 33.9 Å². The molecule has 0 radical (unpaired) electrons. The van der Waals surface area contributed by atoms with Crippen molar-refractivity contribution in [1.82, 2.24) is 19.7 Å². The summed E-state index contributed by atoms with van der Waals surface area (Å²) in [6.07, 6.45) is 0.573. The van der Waals surface area contributed by atoms with Crippen LogP contribution in [0.25, 0.3) is 5.69 Å². The second kappa shape index (κ2) is 6.89. The maximum absolute atomic E-state index is 12.1. The van der Waals surface area contributed by atoms with Gasteiger partial charge in [-0.2, -0.15) is 0 Å². The normalized spacial score (nSPS) is 10.8. The van der Waals surface area contributed by atoms with E-state index < -0.39 is 17.3 Å². The molecular weight excluding hydrogens is 344 g/mol. The molecule has 0 amide bonds. The van der Waals surface area contributed by atoms with E-state index in [0.29, 0.717) is 17.7 Å². The maximum atomic E-state index is 12.1. The molecule has 2 N–H and O–H groups in total. The van der Waals surface area contributed by atoms with E-state index in [1.165, 1.54) is 12.1 Å². The summed E-state index contributed by atoms with van der Waals surface area (Å²) in [7, 11) is 0. The predicted octanol–water partition coefficient (Wildman–Crippen LogP) is 1.33. The fraction of sp³-hybridized carbons (Fsp3) is 0.250. The number of carbonyl (C=O) groups excluding carboxylic acids is 1. The van der Waals surface area contributed by atoms with Crippen LogP contribution in [0.3, 0.4) is 0 Å². The van der Waals surface area contributed by atoms with E-state index in [4.69, 9.17) is 4.74 Å². The van der Waals surface area contributed by atoms with E-state index in [9.17, 15) is 14.4 Å².